The van der Waals surface area contributed by atoms with E-state index < -0.39 is 11.4 Å². The molecule has 0 atom stereocenters. The molecule has 16 heavy (non-hydrogen) atoms. The summed E-state index contributed by atoms with van der Waals surface area (Å²) in [4.78, 5) is 11.5. The molecule has 0 heterocycles. The van der Waals surface area contributed by atoms with E-state index in [1.807, 2.05) is 12.1 Å². The van der Waals surface area contributed by atoms with Crippen molar-refractivity contribution >= 4 is 5.97 Å². The Hall–Kier alpha value is -1.31. The topological polar surface area (TPSA) is 37.3 Å². The minimum Gasteiger partial charge on any atom is -0.481 e. The number of rotatable bonds is 3. The van der Waals surface area contributed by atoms with E-state index in [1.165, 1.54) is 5.56 Å². The van der Waals surface area contributed by atoms with Crippen LogP contribution in [0.4, 0.5) is 0 Å². The van der Waals surface area contributed by atoms with Crippen molar-refractivity contribution in [2.24, 2.45) is 0 Å². The molecule has 86 valence electrons. The van der Waals surface area contributed by atoms with Crippen LogP contribution < -0.4 is 0 Å². The largest absolute Gasteiger partial charge is 0.481 e. The highest BCUT2D eigenvalue weighted by atomic mass is 16.4. The second-order valence-electron chi connectivity index (χ2n) is 4.64. The lowest BCUT2D eigenvalue weighted by Crippen LogP contribution is -2.32. The van der Waals surface area contributed by atoms with Crippen molar-refractivity contribution in [3.05, 3.63) is 35.4 Å². The van der Waals surface area contributed by atoms with E-state index in [0.29, 0.717) is 0 Å². The summed E-state index contributed by atoms with van der Waals surface area (Å²) in [5, 5.41) is 9.44. The second kappa shape index (κ2) is 4.28. The Morgan fingerprint density at radius 3 is 2.25 bits per heavy atom. The lowest BCUT2D eigenvalue weighted by Gasteiger charge is -2.24. The molecule has 1 saturated carbocycles. The molecule has 0 saturated heterocycles. The van der Waals surface area contributed by atoms with Gasteiger partial charge in [-0.15, -0.1) is 0 Å². The molecule has 0 radical (unpaired) electrons. The molecule has 0 bridgehead atoms. The molecule has 2 heteroatoms. The minimum absolute atomic E-state index is 0.605. The zero-order valence-electron chi connectivity index (χ0n) is 9.70. The van der Waals surface area contributed by atoms with Gasteiger partial charge in [-0.3, -0.25) is 4.79 Å². The molecule has 1 aliphatic carbocycles. The first-order valence-electron chi connectivity index (χ1n) is 6.02. The van der Waals surface area contributed by atoms with Crippen LogP contribution in [0, 0.1) is 0 Å². The predicted molar refractivity (Wildman–Crippen MR) is 63.6 cm³/mol. The molecule has 0 aromatic heterocycles. The summed E-state index contributed by atoms with van der Waals surface area (Å²) in [6.07, 6.45) is 4.63. The predicted octanol–water partition coefficient (Wildman–Crippen LogP) is 3.15. The Morgan fingerprint density at radius 1 is 1.25 bits per heavy atom. The average molecular weight is 218 g/mol. The standard InChI is InChI=1S/C14H18O2/c1-2-11-5-7-12(8-6-11)14(13(15)16)9-3-4-10-14/h5-8H,2-4,9-10H2,1H3,(H,15,16). The first-order chi connectivity index (χ1) is 7.69. The summed E-state index contributed by atoms with van der Waals surface area (Å²) in [5.74, 6) is -0.658. The number of benzene rings is 1. The lowest BCUT2D eigenvalue weighted by molar-refractivity contribution is -0.143. The van der Waals surface area contributed by atoms with Gasteiger partial charge in [-0.05, 0) is 30.4 Å². The third kappa shape index (κ3) is 1.73. The fourth-order valence-electron chi connectivity index (χ4n) is 2.66. The summed E-state index contributed by atoms with van der Waals surface area (Å²) in [7, 11) is 0. The molecule has 1 aromatic rings. The summed E-state index contributed by atoms with van der Waals surface area (Å²) in [5.41, 5.74) is 1.64. The van der Waals surface area contributed by atoms with Crippen LogP contribution in [0.1, 0.15) is 43.7 Å². The van der Waals surface area contributed by atoms with Gasteiger partial charge >= 0.3 is 5.97 Å². The molecule has 1 aromatic carbocycles. The molecular weight excluding hydrogens is 200 g/mol. The van der Waals surface area contributed by atoms with Crippen molar-refractivity contribution in [3.8, 4) is 0 Å². The van der Waals surface area contributed by atoms with Gasteiger partial charge in [0.25, 0.3) is 0 Å². The maximum Gasteiger partial charge on any atom is 0.314 e. The summed E-state index contributed by atoms with van der Waals surface area (Å²) in [6, 6.07) is 8.10. The van der Waals surface area contributed by atoms with E-state index in [2.05, 4.69) is 19.1 Å². The third-order valence-electron chi connectivity index (χ3n) is 3.78. The van der Waals surface area contributed by atoms with Crippen molar-refractivity contribution in [3.63, 3.8) is 0 Å². The van der Waals surface area contributed by atoms with E-state index >= 15 is 0 Å². The summed E-state index contributed by atoms with van der Waals surface area (Å²) < 4.78 is 0. The monoisotopic (exact) mass is 218 g/mol. The van der Waals surface area contributed by atoms with Crippen LogP contribution in [0.5, 0.6) is 0 Å². The van der Waals surface area contributed by atoms with Gasteiger partial charge in [-0.1, -0.05) is 44.0 Å². The van der Waals surface area contributed by atoms with Crippen LogP contribution in [0.3, 0.4) is 0 Å². The smallest absolute Gasteiger partial charge is 0.314 e. The fourth-order valence-corrected chi connectivity index (χ4v) is 2.66. The Kier molecular flexibility index (Phi) is 2.99. The maximum absolute atomic E-state index is 11.5. The Morgan fingerprint density at radius 2 is 1.81 bits per heavy atom. The van der Waals surface area contributed by atoms with Crippen LogP contribution in [0.2, 0.25) is 0 Å². The third-order valence-corrected chi connectivity index (χ3v) is 3.78. The van der Waals surface area contributed by atoms with Gasteiger partial charge in [-0.2, -0.15) is 0 Å². The van der Waals surface area contributed by atoms with Crippen LogP contribution in [-0.4, -0.2) is 11.1 Å². The number of carboxylic acids is 1. The molecule has 2 nitrogen and oxygen atoms in total. The molecule has 0 aliphatic heterocycles. The van der Waals surface area contributed by atoms with Gasteiger partial charge in [0.1, 0.15) is 0 Å². The van der Waals surface area contributed by atoms with Crippen LogP contribution in [-0.2, 0) is 16.6 Å². The highest BCUT2D eigenvalue weighted by Crippen LogP contribution is 2.41. The fraction of sp³-hybridized carbons (Fsp3) is 0.500. The van der Waals surface area contributed by atoms with Gasteiger partial charge in [0.05, 0.1) is 5.41 Å². The van der Waals surface area contributed by atoms with Gasteiger partial charge in [0, 0.05) is 0 Å². The number of hydrogen-bond donors (Lipinski definition) is 1. The van der Waals surface area contributed by atoms with Crippen LogP contribution in [0.25, 0.3) is 0 Å². The van der Waals surface area contributed by atoms with Gasteiger partial charge in [-0.25, -0.2) is 0 Å². The molecule has 1 aliphatic rings. The number of aryl methyl sites for hydroxylation is 1. The van der Waals surface area contributed by atoms with Crippen molar-refractivity contribution in [1.29, 1.82) is 0 Å². The molecule has 1 N–H and O–H groups in total. The lowest BCUT2D eigenvalue weighted by atomic mass is 9.79. The molecule has 2 rings (SSSR count). The molecule has 0 spiro atoms. The Labute approximate surface area is 96.3 Å². The van der Waals surface area contributed by atoms with E-state index in [0.717, 1.165) is 37.7 Å². The zero-order chi connectivity index (χ0) is 11.6. The maximum atomic E-state index is 11.5. The van der Waals surface area contributed by atoms with Crippen LogP contribution >= 0.6 is 0 Å². The SMILES string of the molecule is CCc1ccc(C2(C(=O)O)CCCC2)cc1. The highest BCUT2D eigenvalue weighted by Gasteiger charge is 2.42. The Balaban J connectivity index is 2.36. The number of aliphatic carboxylic acids is 1. The molecule has 0 unspecified atom stereocenters. The highest BCUT2D eigenvalue weighted by molar-refractivity contribution is 5.81. The van der Waals surface area contributed by atoms with Crippen LogP contribution in [0.15, 0.2) is 24.3 Å². The zero-order valence-corrected chi connectivity index (χ0v) is 9.70. The number of carbonyl (C=O) groups is 1. The van der Waals surface area contributed by atoms with Gasteiger partial charge in [0.15, 0.2) is 0 Å². The minimum atomic E-state index is -0.658. The molecule has 1 fully saturated rings. The van der Waals surface area contributed by atoms with Gasteiger partial charge < -0.3 is 5.11 Å². The number of hydrogen-bond acceptors (Lipinski definition) is 1. The van der Waals surface area contributed by atoms with Crippen molar-refractivity contribution in [2.45, 2.75) is 44.4 Å². The van der Waals surface area contributed by atoms with Crippen molar-refractivity contribution < 1.29 is 9.90 Å². The average Bonchev–Trinajstić information content (AvgIpc) is 2.79. The summed E-state index contributed by atoms with van der Waals surface area (Å²) in [6.45, 7) is 2.11. The van der Waals surface area contributed by atoms with Gasteiger partial charge in [0.2, 0.25) is 0 Å². The normalized spacial score (nSPS) is 18.6. The van der Waals surface area contributed by atoms with Crippen molar-refractivity contribution in [2.75, 3.05) is 0 Å². The second-order valence-corrected chi connectivity index (χ2v) is 4.64. The van der Waals surface area contributed by atoms with E-state index in [1.54, 1.807) is 0 Å². The Bertz CT molecular complexity index is 372. The van der Waals surface area contributed by atoms with Crippen molar-refractivity contribution in [1.82, 2.24) is 0 Å². The van der Waals surface area contributed by atoms with E-state index in [4.69, 9.17) is 0 Å². The van der Waals surface area contributed by atoms with E-state index in [-0.39, 0.29) is 0 Å². The molecule has 0 amide bonds. The first kappa shape index (κ1) is 11.2. The quantitative estimate of drug-likeness (QED) is 0.846. The summed E-state index contributed by atoms with van der Waals surface area (Å²) >= 11 is 0. The number of carboxylic acid groups (broad SMARTS) is 1. The molecular formula is C14H18O2. The first-order valence-corrected chi connectivity index (χ1v) is 6.02. The van der Waals surface area contributed by atoms with E-state index in [9.17, 15) is 9.90 Å².